The van der Waals surface area contributed by atoms with Crippen LogP contribution in [-0.4, -0.2) is 28.6 Å². The van der Waals surface area contributed by atoms with E-state index < -0.39 is 8.80 Å². The molecule has 0 aromatic carbocycles. The maximum absolute atomic E-state index is 5.83. The molecule has 0 rings (SSSR count). The van der Waals surface area contributed by atoms with Gasteiger partial charge >= 0.3 is 8.80 Å². The van der Waals surface area contributed by atoms with E-state index in [1.807, 2.05) is 18.7 Å². The Bertz CT molecular complexity index is 161. The number of hydrogen-bond donors (Lipinski definition) is 0. The van der Waals surface area contributed by atoms with Gasteiger partial charge in [0.25, 0.3) is 0 Å². The van der Waals surface area contributed by atoms with Gasteiger partial charge < -0.3 is 13.3 Å². The first kappa shape index (κ1) is 15.8. The highest BCUT2D eigenvalue weighted by atomic mass is 28.4. The van der Waals surface area contributed by atoms with Crippen molar-refractivity contribution in [3.8, 4) is 0 Å². The van der Waals surface area contributed by atoms with Crippen LogP contribution in [0.4, 0.5) is 0 Å². The molecule has 3 nitrogen and oxygen atoms in total. The molecule has 16 heavy (non-hydrogen) atoms. The lowest BCUT2D eigenvalue weighted by atomic mass is 10.5. The average molecular weight is 246 g/mol. The van der Waals surface area contributed by atoms with Gasteiger partial charge in [0.1, 0.15) is 0 Å². The van der Waals surface area contributed by atoms with E-state index >= 15 is 0 Å². The topological polar surface area (TPSA) is 27.7 Å². The minimum atomic E-state index is -2.54. The summed E-state index contributed by atoms with van der Waals surface area (Å²) >= 11 is 0. The van der Waals surface area contributed by atoms with Crippen molar-refractivity contribution in [3.63, 3.8) is 0 Å². The van der Waals surface area contributed by atoms with Crippen molar-refractivity contribution >= 4 is 8.80 Å². The van der Waals surface area contributed by atoms with Crippen molar-refractivity contribution in [2.75, 3.05) is 19.8 Å². The molecule has 0 fully saturated rings. The van der Waals surface area contributed by atoms with Crippen LogP contribution in [0.25, 0.3) is 0 Å². The predicted octanol–water partition coefficient (Wildman–Crippen LogP) is 3.32. The third-order valence-electron chi connectivity index (χ3n) is 1.89. The second-order valence-electron chi connectivity index (χ2n) is 3.65. The van der Waals surface area contributed by atoms with E-state index in [4.69, 9.17) is 13.3 Å². The van der Waals surface area contributed by atoms with Crippen LogP contribution in [0.5, 0.6) is 0 Å². The minimum absolute atomic E-state index is 0.698. The lowest BCUT2D eigenvalue weighted by Gasteiger charge is -2.26. The van der Waals surface area contributed by atoms with Crippen molar-refractivity contribution in [1.29, 1.82) is 0 Å². The SMILES string of the molecule is C/C=C/[Si](OCCC)(OCCC)OCCC. The van der Waals surface area contributed by atoms with Gasteiger partial charge in [-0.3, -0.25) is 0 Å². The first-order valence-corrected chi connectivity index (χ1v) is 8.10. The predicted molar refractivity (Wildman–Crippen MR) is 69.3 cm³/mol. The quantitative estimate of drug-likeness (QED) is 0.553. The molecule has 0 atom stereocenters. The Labute approximate surface area is 101 Å². The van der Waals surface area contributed by atoms with Crippen molar-refractivity contribution < 1.29 is 13.3 Å². The van der Waals surface area contributed by atoms with Crippen molar-refractivity contribution in [2.24, 2.45) is 0 Å². The molecule has 0 aromatic heterocycles. The number of allylic oxidation sites excluding steroid dienone is 1. The third-order valence-corrected chi connectivity index (χ3v) is 4.45. The fourth-order valence-corrected chi connectivity index (χ4v) is 3.62. The van der Waals surface area contributed by atoms with Gasteiger partial charge in [0.15, 0.2) is 0 Å². The highest BCUT2D eigenvalue weighted by molar-refractivity contribution is 6.66. The maximum atomic E-state index is 5.83. The summed E-state index contributed by atoms with van der Waals surface area (Å²) in [7, 11) is -2.54. The Kier molecular flexibility index (Phi) is 9.92. The zero-order valence-electron chi connectivity index (χ0n) is 11.1. The molecule has 0 saturated carbocycles. The lowest BCUT2D eigenvalue weighted by Crippen LogP contribution is -2.45. The molecule has 0 aliphatic rings. The number of hydrogen-bond acceptors (Lipinski definition) is 3. The summed E-state index contributed by atoms with van der Waals surface area (Å²) in [5.41, 5.74) is 1.98. The Morgan fingerprint density at radius 3 is 1.44 bits per heavy atom. The minimum Gasteiger partial charge on any atom is -0.370 e. The highest BCUT2D eigenvalue weighted by Crippen LogP contribution is 2.13. The molecular weight excluding hydrogens is 220 g/mol. The normalized spacial score (nSPS) is 12.5. The van der Waals surface area contributed by atoms with E-state index in [2.05, 4.69) is 20.8 Å². The Hall–Kier alpha value is -0.163. The van der Waals surface area contributed by atoms with Crippen molar-refractivity contribution in [3.05, 3.63) is 11.8 Å². The van der Waals surface area contributed by atoms with Gasteiger partial charge in [-0.2, -0.15) is 0 Å². The molecule has 0 spiro atoms. The van der Waals surface area contributed by atoms with Gasteiger partial charge in [0.2, 0.25) is 0 Å². The fraction of sp³-hybridized carbons (Fsp3) is 0.833. The van der Waals surface area contributed by atoms with Gasteiger partial charge in [-0.15, -0.1) is 0 Å². The first-order chi connectivity index (χ1) is 7.74. The molecule has 0 N–H and O–H groups in total. The first-order valence-electron chi connectivity index (χ1n) is 6.30. The van der Waals surface area contributed by atoms with E-state index in [-0.39, 0.29) is 0 Å². The van der Waals surface area contributed by atoms with Crippen LogP contribution in [0.15, 0.2) is 11.8 Å². The summed E-state index contributed by atoms with van der Waals surface area (Å²) < 4.78 is 17.5. The molecule has 4 heteroatoms. The Balaban J connectivity index is 4.45. The fourth-order valence-electron chi connectivity index (χ4n) is 1.21. The molecular formula is C12H26O3Si. The Morgan fingerprint density at radius 1 is 0.812 bits per heavy atom. The zero-order chi connectivity index (χ0) is 12.3. The molecule has 0 aliphatic carbocycles. The van der Waals surface area contributed by atoms with E-state index in [1.165, 1.54) is 0 Å². The summed E-state index contributed by atoms with van der Waals surface area (Å²) in [6.07, 6.45) is 4.92. The van der Waals surface area contributed by atoms with Gasteiger partial charge in [0.05, 0.1) is 0 Å². The van der Waals surface area contributed by atoms with Crippen LogP contribution < -0.4 is 0 Å². The Morgan fingerprint density at radius 2 is 1.19 bits per heavy atom. The summed E-state index contributed by atoms with van der Waals surface area (Å²) in [6.45, 7) is 10.3. The van der Waals surface area contributed by atoms with Crippen LogP contribution in [0, 0.1) is 0 Å². The van der Waals surface area contributed by atoms with E-state index in [0.29, 0.717) is 19.8 Å². The molecule has 0 amide bonds. The molecule has 0 unspecified atom stereocenters. The molecule has 0 saturated heterocycles. The van der Waals surface area contributed by atoms with Gasteiger partial charge in [-0.1, -0.05) is 26.8 Å². The van der Waals surface area contributed by atoms with Gasteiger partial charge in [0, 0.05) is 19.8 Å². The van der Waals surface area contributed by atoms with E-state index in [0.717, 1.165) is 19.3 Å². The van der Waals surface area contributed by atoms with Crippen LogP contribution >= 0.6 is 0 Å². The maximum Gasteiger partial charge on any atom is 0.529 e. The second kappa shape index (κ2) is 10.0. The largest absolute Gasteiger partial charge is 0.529 e. The summed E-state index contributed by atoms with van der Waals surface area (Å²) in [4.78, 5) is 0. The van der Waals surface area contributed by atoms with Crippen molar-refractivity contribution in [1.82, 2.24) is 0 Å². The second-order valence-corrected chi connectivity index (χ2v) is 6.06. The summed E-state index contributed by atoms with van der Waals surface area (Å²) in [5.74, 6) is 0. The third kappa shape index (κ3) is 6.43. The van der Waals surface area contributed by atoms with E-state index in [1.54, 1.807) is 0 Å². The lowest BCUT2D eigenvalue weighted by molar-refractivity contribution is 0.0716. The monoisotopic (exact) mass is 246 g/mol. The molecule has 0 radical (unpaired) electrons. The summed E-state index contributed by atoms with van der Waals surface area (Å²) in [5, 5.41) is 0. The summed E-state index contributed by atoms with van der Waals surface area (Å²) in [6, 6.07) is 0. The molecule has 0 aromatic rings. The number of rotatable bonds is 10. The van der Waals surface area contributed by atoms with E-state index in [9.17, 15) is 0 Å². The highest BCUT2D eigenvalue weighted by Gasteiger charge is 2.37. The molecule has 0 heterocycles. The van der Waals surface area contributed by atoms with Crippen LogP contribution in [0.2, 0.25) is 0 Å². The molecule has 96 valence electrons. The standard InChI is InChI=1S/C12H26O3Si/c1-5-9-13-16(12-8-4,14-10-6-2)15-11-7-3/h8,12H,5-7,9-11H2,1-4H3/b12-8+. The zero-order valence-corrected chi connectivity index (χ0v) is 12.1. The molecule has 0 bridgehead atoms. The van der Waals surface area contributed by atoms with Crippen LogP contribution in [0.1, 0.15) is 47.0 Å². The molecule has 0 aliphatic heterocycles. The van der Waals surface area contributed by atoms with Gasteiger partial charge in [-0.05, 0) is 31.9 Å². The van der Waals surface area contributed by atoms with Gasteiger partial charge in [-0.25, -0.2) is 0 Å². The average Bonchev–Trinajstić information content (AvgIpc) is 2.31. The van der Waals surface area contributed by atoms with Crippen LogP contribution in [-0.2, 0) is 13.3 Å². The van der Waals surface area contributed by atoms with Crippen LogP contribution in [0.3, 0.4) is 0 Å². The van der Waals surface area contributed by atoms with Crippen molar-refractivity contribution in [2.45, 2.75) is 47.0 Å². The smallest absolute Gasteiger partial charge is 0.370 e.